The van der Waals surface area contributed by atoms with Crippen molar-refractivity contribution in [1.29, 1.82) is 0 Å². The predicted molar refractivity (Wildman–Crippen MR) is 133 cm³/mol. The third-order valence-electron chi connectivity index (χ3n) is 5.60. The minimum absolute atomic E-state index is 0.803. The molecule has 190 valence electrons. The summed E-state index contributed by atoms with van der Waals surface area (Å²) in [5.74, 6) is 9.20. The highest BCUT2D eigenvalue weighted by Gasteiger charge is 2.32. The number of nitrogens with zero attached hydrogens (tertiary/aromatic N) is 5. The molecule has 0 aliphatic carbocycles. The fourth-order valence-corrected chi connectivity index (χ4v) is 5.07. The summed E-state index contributed by atoms with van der Waals surface area (Å²) in [6.45, 7) is 5.86. The fourth-order valence-electron chi connectivity index (χ4n) is 4.02. The Kier molecular flexibility index (Phi) is 8.04. The molecule has 0 spiro atoms. The Morgan fingerprint density at radius 2 is 1.43 bits per heavy atom. The van der Waals surface area contributed by atoms with Crippen LogP contribution in [-0.4, -0.2) is 23.1 Å². The molecule has 1 aliphatic rings. The molecule has 0 N–H and O–H groups in total. The number of benzene rings is 2. The van der Waals surface area contributed by atoms with Crippen LogP contribution in [0.25, 0.3) is 27.3 Å². The van der Waals surface area contributed by atoms with Crippen LogP contribution in [-0.2, 0) is 7.05 Å². The summed E-state index contributed by atoms with van der Waals surface area (Å²) in [5.41, 5.74) is 3.06. The summed E-state index contributed by atoms with van der Waals surface area (Å²) in [6, 6.07) is 16.4. The third kappa shape index (κ3) is 6.06. The standard InChI is InChI=1S/C26H24N5S.ClHO4/c1-4-30-23(31(5-2)26-25(30)27-19-13-9-10-14-20(19)28-26)17-7-6-8-18-24-29(3)21-15-11-12-16-22(21)32-24;2-1(3,4)5/h8-18H,4-5H2,1-3H3;(H,2,3,4,5)/q+1;/p-1. The van der Waals surface area contributed by atoms with Crippen LogP contribution in [0.5, 0.6) is 0 Å². The molecular weight excluding hydrogens is 514 g/mol. The van der Waals surface area contributed by atoms with Crippen molar-refractivity contribution < 1.29 is 33.4 Å². The first-order valence-electron chi connectivity index (χ1n) is 11.4. The number of anilines is 2. The lowest BCUT2D eigenvalue weighted by atomic mass is 10.3. The number of para-hydroxylation sites is 3. The molecule has 0 amide bonds. The number of aromatic nitrogens is 3. The molecule has 0 atom stereocenters. The molecular formula is C26H24ClN5O4S. The summed E-state index contributed by atoms with van der Waals surface area (Å²) in [6.07, 6.45) is 5.96. The van der Waals surface area contributed by atoms with Gasteiger partial charge in [-0.3, -0.25) is 0 Å². The van der Waals surface area contributed by atoms with Crippen molar-refractivity contribution >= 4 is 50.3 Å². The second-order valence-corrected chi connectivity index (χ2v) is 9.64. The van der Waals surface area contributed by atoms with Gasteiger partial charge in [0.25, 0.3) is 5.01 Å². The first-order valence-corrected chi connectivity index (χ1v) is 13.4. The topological polar surface area (TPSA) is 128 Å². The van der Waals surface area contributed by atoms with Gasteiger partial charge in [-0.15, -0.1) is 10.2 Å². The Labute approximate surface area is 220 Å². The van der Waals surface area contributed by atoms with Gasteiger partial charge in [0.15, 0.2) is 11.6 Å². The molecule has 37 heavy (non-hydrogen) atoms. The van der Waals surface area contributed by atoms with Gasteiger partial charge >= 0.3 is 0 Å². The van der Waals surface area contributed by atoms with Crippen molar-refractivity contribution in [1.82, 2.24) is 9.97 Å². The Morgan fingerprint density at radius 3 is 1.97 bits per heavy atom. The molecule has 0 saturated heterocycles. The number of fused-ring (bicyclic) bond motifs is 3. The predicted octanol–water partition coefficient (Wildman–Crippen LogP) is 0.137. The van der Waals surface area contributed by atoms with E-state index in [9.17, 15) is 0 Å². The minimum Gasteiger partial charge on any atom is -0.309 e. The van der Waals surface area contributed by atoms with Gasteiger partial charge in [-0.2, -0.15) is 4.57 Å². The van der Waals surface area contributed by atoms with Crippen molar-refractivity contribution in [3.63, 3.8) is 0 Å². The zero-order valence-corrected chi connectivity index (χ0v) is 22.0. The number of halogens is 1. The van der Waals surface area contributed by atoms with E-state index in [2.05, 4.69) is 77.4 Å². The zero-order valence-electron chi connectivity index (χ0n) is 20.4. The molecule has 2 aromatic heterocycles. The molecule has 5 rings (SSSR count). The highest BCUT2D eigenvalue weighted by Crippen LogP contribution is 2.39. The first kappa shape index (κ1) is 26.5. The van der Waals surface area contributed by atoms with E-state index in [1.165, 1.54) is 15.2 Å². The number of hydrogen-bond acceptors (Lipinski definition) is 9. The molecule has 0 unspecified atom stereocenters. The van der Waals surface area contributed by atoms with Gasteiger partial charge < -0.3 is 9.80 Å². The van der Waals surface area contributed by atoms with E-state index in [0.29, 0.717) is 0 Å². The van der Waals surface area contributed by atoms with E-state index >= 15 is 0 Å². The Morgan fingerprint density at radius 1 is 0.892 bits per heavy atom. The highest BCUT2D eigenvalue weighted by atomic mass is 35.7. The van der Waals surface area contributed by atoms with E-state index in [4.69, 9.17) is 28.6 Å². The average molecular weight is 538 g/mol. The summed E-state index contributed by atoms with van der Waals surface area (Å²) in [7, 11) is -2.86. The van der Waals surface area contributed by atoms with Crippen LogP contribution in [0.3, 0.4) is 0 Å². The van der Waals surface area contributed by atoms with Crippen LogP contribution >= 0.6 is 11.3 Å². The first-order chi connectivity index (χ1) is 17.7. The number of rotatable bonds is 3. The van der Waals surface area contributed by atoms with Crippen molar-refractivity contribution in [3.05, 3.63) is 71.5 Å². The number of hydrogen-bond donors (Lipinski definition) is 0. The lowest BCUT2D eigenvalue weighted by Gasteiger charge is -2.21. The van der Waals surface area contributed by atoms with Gasteiger partial charge in [0, 0.05) is 31.3 Å². The van der Waals surface area contributed by atoms with Crippen LogP contribution in [0.2, 0.25) is 0 Å². The monoisotopic (exact) mass is 537 g/mol. The van der Waals surface area contributed by atoms with Gasteiger partial charge in [0.05, 0.1) is 11.0 Å². The van der Waals surface area contributed by atoms with Crippen LogP contribution < -0.4 is 33.0 Å². The van der Waals surface area contributed by atoms with E-state index in [0.717, 1.165) is 41.6 Å². The van der Waals surface area contributed by atoms with Crippen molar-refractivity contribution in [2.75, 3.05) is 22.9 Å². The van der Waals surface area contributed by atoms with Crippen LogP contribution in [0, 0.1) is 22.1 Å². The van der Waals surface area contributed by atoms with Gasteiger partial charge in [0.1, 0.15) is 17.6 Å². The molecule has 4 aromatic rings. The summed E-state index contributed by atoms with van der Waals surface area (Å²) in [5, 5.41) is 1.17. The SMILES string of the molecule is CCN1C(=CC#CC=Cc2sc3ccccc3[n+]2C)N(CC)c2nc3ccccc3nc21.[O-][Cl+3]([O-])([O-])[O-]. The lowest BCUT2D eigenvalue weighted by Crippen LogP contribution is -2.68. The average Bonchev–Trinajstić information content (AvgIpc) is 3.34. The van der Waals surface area contributed by atoms with Crippen LogP contribution in [0.4, 0.5) is 11.6 Å². The highest BCUT2D eigenvalue weighted by molar-refractivity contribution is 7.18. The zero-order chi connectivity index (χ0) is 26.6. The van der Waals surface area contributed by atoms with Gasteiger partial charge in [-0.25, -0.2) is 28.6 Å². The molecule has 11 heteroatoms. The maximum absolute atomic E-state index is 8.49. The lowest BCUT2D eigenvalue weighted by molar-refractivity contribution is -2.00. The summed E-state index contributed by atoms with van der Waals surface area (Å²) in [4.78, 5) is 14.1. The number of thiazole rings is 1. The van der Waals surface area contributed by atoms with Crippen LogP contribution in [0.15, 0.2) is 66.5 Å². The van der Waals surface area contributed by atoms with Crippen LogP contribution in [0.1, 0.15) is 18.9 Å². The Bertz CT molecular complexity index is 1490. The quantitative estimate of drug-likeness (QED) is 0.266. The number of aryl methyl sites for hydroxylation is 1. The largest absolute Gasteiger partial charge is 0.309 e. The molecule has 0 radical (unpaired) electrons. The van der Waals surface area contributed by atoms with Gasteiger partial charge in [-0.1, -0.05) is 47.4 Å². The van der Waals surface area contributed by atoms with Crippen molar-refractivity contribution in [3.8, 4) is 11.8 Å². The molecule has 0 bridgehead atoms. The molecule has 1 aliphatic heterocycles. The molecule has 0 saturated carbocycles. The second-order valence-electron chi connectivity index (χ2n) is 7.82. The Hall–Kier alpha value is -3.56. The maximum atomic E-state index is 8.49. The normalized spacial score (nSPS) is 13.0. The van der Waals surface area contributed by atoms with Gasteiger partial charge in [0.2, 0.25) is 5.52 Å². The molecule has 3 heterocycles. The molecule has 9 nitrogen and oxygen atoms in total. The second kappa shape index (κ2) is 11.2. The van der Waals surface area contributed by atoms with E-state index in [1.54, 1.807) is 11.3 Å². The van der Waals surface area contributed by atoms with Crippen molar-refractivity contribution in [2.45, 2.75) is 13.8 Å². The number of allylic oxidation sites excluding steroid dienone is 2. The van der Waals surface area contributed by atoms with Gasteiger partial charge in [-0.05, 0) is 38.1 Å². The minimum atomic E-state index is -4.94. The summed E-state index contributed by atoms with van der Waals surface area (Å²) >= 11 is 1.77. The van der Waals surface area contributed by atoms with Crippen molar-refractivity contribution in [2.24, 2.45) is 7.05 Å². The molecule has 2 aromatic carbocycles. The van der Waals surface area contributed by atoms with E-state index < -0.39 is 10.2 Å². The Balaban J connectivity index is 0.000000586. The third-order valence-corrected chi connectivity index (χ3v) is 6.78. The molecule has 0 fully saturated rings. The smallest absolute Gasteiger partial charge is 0.263 e. The van der Waals surface area contributed by atoms with E-state index in [1.807, 2.05) is 36.4 Å². The maximum Gasteiger partial charge on any atom is 0.263 e. The fraction of sp³-hybridized carbons (Fsp3) is 0.192. The van der Waals surface area contributed by atoms with E-state index in [-0.39, 0.29) is 0 Å². The summed E-state index contributed by atoms with van der Waals surface area (Å²) < 4.78 is 37.4.